The van der Waals surface area contributed by atoms with Gasteiger partial charge >= 0.3 is 5.97 Å². The first-order valence-electron chi connectivity index (χ1n) is 11.4. The van der Waals surface area contributed by atoms with Gasteiger partial charge in [-0.2, -0.15) is 0 Å². The minimum absolute atomic E-state index is 0.00427. The zero-order valence-corrected chi connectivity index (χ0v) is 20.7. The van der Waals surface area contributed by atoms with Crippen LogP contribution in [0.3, 0.4) is 0 Å². The van der Waals surface area contributed by atoms with Crippen LogP contribution in [0.5, 0.6) is 0 Å². The maximum Gasteiger partial charge on any atom is 0.304 e. The van der Waals surface area contributed by atoms with Gasteiger partial charge in [-0.1, -0.05) is 48.6 Å². The number of fused-ring (bicyclic) bond motifs is 1. The number of allylic oxidation sites excluding steroid dienone is 6. The number of carbonyl (C=O) groups excluding carboxylic acids is 3. The Balaban J connectivity index is 2.35. The maximum absolute atomic E-state index is 13.1. The van der Waals surface area contributed by atoms with E-state index in [2.05, 4.69) is 4.98 Å². The number of hydrogen-bond acceptors (Lipinski definition) is 4. The third-order valence-corrected chi connectivity index (χ3v) is 5.54. The number of esters is 1. The fourth-order valence-electron chi connectivity index (χ4n) is 4.12. The highest BCUT2D eigenvalue weighted by Crippen LogP contribution is 2.36. The lowest BCUT2D eigenvalue weighted by molar-refractivity contribution is -0.144. The third kappa shape index (κ3) is 5.49. The summed E-state index contributed by atoms with van der Waals surface area (Å²) in [7, 11) is 0. The molecule has 0 bridgehead atoms. The van der Waals surface area contributed by atoms with Crippen molar-refractivity contribution in [3.05, 3.63) is 83.3 Å². The van der Waals surface area contributed by atoms with Crippen LogP contribution < -0.4 is 0 Å². The van der Waals surface area contributed by atoms with Gasteiger partial charge in [-0.25, -0.2) is 0 Å². The molecule has 6 heteroatoms. The Labute approximate surface area is 205 Å². The first kappa shape index (κ1) is 25.4. The number of ether oxygens (including phenoxy) is 1. The van der Waals surface area contributed by atoms with Gasteiger partial charge in [0.15, 0.2) is 18.3 Å². The SMILES string of the molecule is C/C=C\c1c(/C(C(C)=O)=C(/C(C)=O)c2cn(COC(C)=O)c3ccccc23)c[nH]c1/C=C\C=C\C. The minimum Gasteiger partial charge on any atom is -0.444 e. The molecule has 35 heavy (non-hydrogen) atoms. The van der Waals surface area contributed by atoms with E-state index < -0.39 is 5.97 Å². The number of hydrogen-bond donors (Lipinski definition) is 1. The van der Waals surface area contributed by atoms with Crippen molar-refractivity contribution in [1.82, 2.24) is 9.55 Å². The average molecular weight is 471 g/mol. The Hall–Kier alpha value is -4.19. The Morgan fingerprint density at radius 2 is 1.60 bits per heavy atom. The summed E-state index contributed by atoms with van der Waals surface area (Å²) in [5.41, 5.74) is 4.37. The van der Waals surface area contributed by atoms with E-state index in [0.29, 0.717) is 22.3 Å². The Morgan fingerprint density at radius 1 is 0.914 bits per heavy atom. The molecular formula is C29H30N2O4. The molecule has 3 rings (SSSR count). The van der Waals surface area contributed by atoms with Gasteiger partial charge in [0, 0.05) is 58.2 Å². The van der Waals surface area contributed by atoms with Crippen molar-refractivity contribution < 1.29 is 19.1 Å². The summed E-state index contributed by atoms with van der Waals surface area (Å²) in [5, 5.41) is 0.792. The number of para-hydroxylation sites is 1. The van der Waals surface area contributed by atoms with E-state index in [1.54, 1.807) is 17.0 Å². The smallest absolute Gasteiger partial charge is 0.304 e. The molecule has 0 saturated heterocycles. The number of H-pyrrole nitrogens is 1. The molecule has 6 nitrogen and oxygen atoms in total. The van der Waals surface area contributed by atoms with E-state index in [9.17, 15) is 14.4 Å². The van der Waals surface area contributed by atoms with Crippen LogP contribution in [0.4, 0.5) is 0 Å². The fourth-order valence-corrected chi connectivity index (χ4v) is 4.12. The van der Waals surface area contributed by atoms with E-state index >= 15 is 0 Å². The zero-order chi connectivity index (χ0) is 25.5. The van der Waals surface area contributed by atoms with Crippen molar-refractivity contribution in [3.8, 4) is 0 Å². The fraction of sp³-hybridized carbons (Fsp3) is 0.207. The van der Waals surface area contributed by atoms with Gasteiger partial charge in [0.25, 0.3) is 0 Å². The summed E-state index contributed by atoms with van der Waals surface area (Å²) in [5.74, 6) is -0.858. The lowest BCUT2D eigenvalue weighted by atomic mass is 9.89. The molecule has 0 saturated carbocycles. The van der Waals surface area contributed by atoms with E-state index in [-0.39, 0.29) is 18.3 Å². The second-order valence-corrected chi connectivity index (χ2v) is 8.07. The van der Waals surface area contributed by atoms with Gasteiger partial charge in [-0.3, -0.25) is 14.4 Å². The first-order chi connectivity index (χ1) is 16.8. The molecule has 0 atom stereocenters. The van der Waals surface area contributed by atoms with Crippen LogP contribution in [0.2, 0.25) is 0 Å². The molecular weight excluding hydrogens is 440 g/mol. The van der Waals surface area contributed by atoms with Crippen LogP contribution >= 0.6 is 0 Å². The summed E-state index contributed by atoms with van der Waals surface area (Å²) in [4.78, 5) is 40.9. The monoisotopic (exact) mass is 470 g/mol. The quantitative estimate of drug-likeness (QED) is 0.229. The largest absolute Gasteiger partial charge is 0.444 e. The highest BCUT2D eigenvalue weighted by molar-refractivity contribution is 6.41. The van der Waals surface area contributed by atoms with Crippen molar-refractivity contribution in [2.45, 2.75) is 41.3 Å². The molecule has 3 aromatic rings. The molecule has 0 aliphatic heterocycles. The van der Waals surface area contributed by atoms with Crippen molar-refractivity contribution in [2.24, 2.45) is 0 Å². The lowest BCUT2D eigenvalue weighted by Crippen LogP contribution is -2.07. The molecule has 0 amide bonds. The van der Waals surface area contributed by atoms with Crippen LogP contribution in [-0.2, 0) is 25.9 Å². The Morgan fingerprint density at radius 3 is 2.23 bits per heavy atom. The van der Waals surface area contributed by atoms with Gasteiger partial charge in [-0.15, -0.1) is 0 Å². The molecule has 0 aliphatic rings. The minimum atomic E-state index is -0.405. The van der Waals surface area contributed by atoms with Crippen LogP contribution in [0.1, 0.15) is 57.0 Å². The predicted octanol–water partition coefficient (Wildman–Crippen LogP) is 6.20. The predicted molar refractivity (Wildman–Crippen MR) is 141 cm³/mol. The second-order valence-electron chi connectivity index (χ2n) is 8.07. The molecule has 0 spiro atoms. The number of nitrogens with zero attached hydrogens (tertiary/aromatic N) is 1. The molecule has 0 unspecified atom stereocenters. The van der Waals surface area contributed by atoms with Crippen LogP contribution in [-0.4, -0.2) is 27.1 Å². The van der Waals surface area contributed by atoms with Crippen molar-refractivity contribution >= 4 is 51.7 Å². The van der Waals surface area contributed by atoms with Gasteiger partial charge in [-0.05, 0) is 39.8 Å². The van der Waals surface area contributed by atoms with E-state index in [1.165, 1.54) is 20.8 Å². The van der Waals surface area contributed by atoms with Crippen molar-refractivity contribution in [1.29, 1.82) is 0 Å². The van der Waals surface area contributed by atoms with Gasteiger partial charge < -0.3 is 14.3 Å². The number of rotatable bonds is 9. The highest BCUT2D eigenvalue weighted by atomic mass is 16.5. The summed E-state index contributed by atoms with van der Waals surface area (Å²) in [6, 6.07) is 7.53. The molecule has 0 fully saturated rings. The molecule has 2 heterocycles. The highest BCUT2D eigenvalue weighted by Gasteiger charge is 2.25. The molecule has 2 aromatic heterocycles. The van der Waals surface area contributed by atoms with Crippen molar-refractivity contribution in [3.63, 3.8) is 0 Å². The summed E-state index contributed by atoms with van der Waals surface area (Å²) in [6.07, 6.45) is 15.0. The molecule has 180 valence electrons. The lowest BCUT2D eigenvalue weighted by Gasteiger charge is -2.12. The summed E-state index contributed by atoms with van der Waals surface area (Å²) in [6.45, 7) is 8.12. The van der Waals surface area contributed by atoms with E-state index in [4.69, 9.17) is 4.74 Å². The van der Waals surface area contributed by atoms with Crippen LogP contribution in [0.25, 0.3) is 34.2 Å². The molecule has 0 radical (unpaired) electrons. The molecule has 1 aromatic carbocycles. The summed E-state index contributed by atoms with van der Waals surface area (Å²) < 4.78 is 6.98. The second kappa shape index (κ2) is 11.3. The number of benzene rings is 1. The van der Waals surface area contributed by atoms with Gasteiger partial charge in [0.1, 0.15) is 0 Å². The molecule has 0 aliphatic carbocycles. The topological polar surface area (TPSA) is 81.2 Å². The van der Waals surface area contributed by atoms with Crippen LogP contribution in [0, 0.1) is 0 Å². The van der Waals surface area contributed by atoms with Gasteiger partial charge in [0.05, 0.1) is 5.52 Å². The third-order valence-electron chi connectivity index (χ3n) is 5.54. The normalized spacial score (nSPS) is 12.7. The summed E-state index contributed by atoms with van der Waals surface area (Å²) >= 11 is 0. The van der Waals surface area contributed by atoms with Gasteiger partial charge in [0.2, 0.25) is 0 Å². The number of aromatic amines is 1. The Kier molecular flexibility index (Phi) is 8.21. The standard InChI is InChI=1S/C29H30N2O4/c1-6-8-9-14-26-22(12-7-2)24(16-30-26)28(19(3)32)29(20(4)33)25-17-31(18-35-21(5)34)27-15-11-10-13-23(25)27/h6-17,30H,18H2,1-5H3/b8-6+,12-7-,14-9-,29-28-. The van der Waals surface area contributed by atoms with Crippen molar-refractivity contribution in [2.75, 3.05) is 0 Å². The van der Waals surface area contributed by atoms with E-state index in [1.807, 2.05) is 74.6 Å². The van der Waals surface area contributed by atoms with E-state index in [0.717, 1.165) is 22.2 Å². The average Bonchev–Trinajstić information content (AvgIpc) is 3.37. The number of carbonyl (C=O) groups is 3. The maximum atomic E-state index is 13.1. The number of aromatic nitrogens is 2. The number of ketones is 2. The Bertz CT molecular complexity index is 1390. The number of Topliss-reactive ketones (excluding diaryl/α,β-unsaturated/α-hetero) is 2. The first-order valence-corrected chi connectivity index (χ1v) is 11.4. The molecule has 1 N–H and O–H groups in total. The number of nitrogens with one attached hydrogen (secondary N) is 1. The zero-order valence-electron chi connectivity index (χ0n) is 20.7. The van der Waals surface area contributed by atoms with Crippen LogP contribution in [0.15, 0.2) is 61.0 Å².